The Bertz CT molecular complexity index is 280. The molecule has 1 aliphatic carbocycles. The van der Waals surface area contributed by atoms with Crippen LogP contribution in [0.3, 0.4) is 0 Å². The fourth-order valence-corrected chi connectivity index (χ4v) is 1.99. The molecule has 1 fully saturated rings. The summed E-state index contributed by atoms with van der Waals surface area (Å²) in [4.78, 5) is 0. The van der Waals surface area contributed by atoms with Gasteiger partial charge in [0.25, 0.3) is 0 Å². The molecule has 0 amide bonds. The van der Waals surface area contributed by atoms with Crippen molar-refractivity contribution < 1.29 is 4.74 Å². The number of ether oxygens (including phenoxy) is 1. The maximum Gasteiger partial charge on any atom is 0.0730 e. The van der Waals surface area contributed by atoms with Gasteiger partial charge in [-0.25, -0.2) is 0 Å². The predicted octanol–water partition coefficient (Wildman–Crippen LogP) is 2.97. The Morgan fingerprint density at radius 3 is 2.69 bits per heavy atom. The second-order valence-electron chi connectivity index (χ2n) is 3.91. The van der Waals surface area contributed by atoms with E-state index in [1.807, 2.05) is 0 Å². The third kappa shape index (κ3) is 1.61. The third-order valence-corrected chi connectivity index (χ3v) is 2.86. The zero-order valence-electron chi connectivity index (χ0n) is 8.29. The topological polar surface area (TPSA) is 9.23 Å². The summed E-state index contributed by atoms with van der Waals surface area (Å²) in [6.45, 7) is 5.08. The lowest BCUT2D eigenvalue weighted by molar-refractivity contribution is 0.0513. The van der Waals surface area contributed by atoms with Gasteiger partial charge in [-0.3, -0.25) is 0 Å². The van der Waals surface area contributed by atoms with Crippen LogP contribution in [0.25, 0.3) is 0 Å². The van der Waals surface area contributed by atoms with Crippen molar-refractivity contribution in [1.29, 1.82) is 0 Å². The lowest BCUT2D eigenvalue weighted by Gasteiger charge is -2.10. The summed E-state index contributed by atoms with van der Waals surface area (Å²) in [7, 11) is 0. The van der Waals surface area contributed by atoms with Crippen LogP contribution in [0.4, 0.5) is 0 Å². The zero-order valence-corrected chi connectivity index (χ0v) is 8.29. The summed E-state index contributed by atoms with van der Waals surface area (Å²) in [5, 5.41) is 0. The second kappa shape index (κ2) is 3.15. The van der Waals surface area contributed by atoms with Crippen LogP contribution in [0.2, 0.25) is 0 Å². The van der Waals surface area contributed by atoms with Crippen molar-refractivity contribution in [2.45, 2.75) is 31.8 Å². The molecular weight excluding hydrogens is 160 g/mol. The van der Waals surface area contributed by atoms with Crippen LogP contribution >= 0.6 is 0 Å². The Labute approximate surface area is 79.7 Å². The Balaban J connectivity index is 2.07. The molecule has 1 heteroatoms. The standard InChI is InChI=1S/C12H16O/c1-3-13-12(2)9-11(12)10-7-5-4-6-8-10/h4-8,11H,3,9H2,1-2H3/t11-,12-/m0/s1. The molecule has 0 aromatic heterocycles. The van der Waals surface area contributed by atoms with Crippen molar-refractivity contribution in [1.82, 2.24) is 0 Å². The molecule has 0 radical (unpaired) electrons. The normalized spacial score (nSPS) is 31.7. The highest BCUT2D eigenvalue weighted by atomic mass is 16.5. The lowest BCUT2D eigenvalue weighted by Crippen LogP contribution is -2.11. The fourth-order valence-electron chi connectivity index (χ4n) is 1.99. The molecule has 0 spiro atoms. The van der Waals surface area contributed by atoms with Gasteiger partial charge in [-0.15, -0.1) is 0 Å². The third-order valence-electron chi connectivity index (χ3n) is 2.86. The van der Waals surface area contributed by atoms with Crippen LogP contribution in [0.1, 0.15) is 31.7 Å². The van der Waals surface area contributed by atoms with E-state index in [-0.39, 0.29) is 5.60 Å². The molecule has 0 aliphatic heterocycles. The van der Waals surface area contributed by atoms with Crippen molar-refractivity contribution in [3.63, 3.8) is 0 Å². The van der Waals surface area contributed by atoms with Gasteiger partial charge in [0.15, 0.2) is 0 Å². The average molecular weight is 176 g/mol. The molecule has 2 rings (SSSR count). The Morgan fingerprint density at radius 2 is 2.08 bits per heavy atom. The van der Waals surface area contributed by atoms with Gasteiger partial charge in [0.05, 0.1) is 5.60 Å². The van der Waals surface area contributed by atoms with E-state index in [0.29, 0.717) is 5.92 Å². The van der Waals surface area contributed by atoms with E-state index in [2.05, 4.69) is 44.2 Å². The van der Waals surface area contributed by atoms with Gasteiger partial charge >= 0.3 is 0 Å². The maximum absolute atomic E-state index is 5.71. The molecule has 0 bridgehead atoms. The first kappa shape index (κ1) is 8.76. The van der Waals surface area contributed by atoms with Crippen molar-refractivity contribution in [2.24, 2.45) is 0 Å². The van der Waals surface area contributed by atoms with Gasteiger partial charge in [-0.05, 0) is 25.8 Å². The molecule has 0 saturated heterocycles. The molecule has 1 nitrogen and oxygen atoms in total. The fraction of sp³-hybridized carbons (Fsp3) is 0.500. The average Bonchev–Trinajstić information content (AvgIpc) is 2.80. The molecule has 13 heavy (non-hydrogen) atoms. The highest BCUT2D eigenvalue weighted by molar-refractivity contribution is 5.30. The van der Waals surface area contributed by atoms with E-state index < -0.39 is 0 Å². The Kier molecular flexibility index (Phi) is 2.12. The van der Waals surface area contributed by atoms with E-state index in [4.69, 9.17) is 4.74 Å². The van der Waals surface area contributed by atoms with Crippen molar-refractivity contribution >= 4 is 0 Å². The van der Waals surface area contributed by atoms with Gasteiger partial charge < -0.3 is 4.74 Å². The molecule has 1 aliphatic rings. The minimum absolute atomic E-state index is 0.121. The predicted molar refractivity (Wildman–Crippen MR) is 53.8 cm³/mol. The van der Waals surface area contributed by atoms with Gasteiger partial charge in [0.2, 0.25) is 0 Å². The van der Waals surface area contributed by atoms with Crippen LogP contribution < -0.4 is 0 Å². The molecule has 0 heterocycles. The number of rotatable bonds is 3. The number of hydrogen-bond acceptors (Lipinski definition) is 1. The van der Waals surface area contributed by atoms with Gasteiger partial charge in [0, 0.05) is 12.5 Å². The van der Waals surface area contributed by atoms with Crippen LogP contribution in [-0.4, -0.2) is 12.2 Å². The zero-order chi connectivity index (χ0) is 9.31. The van der Waals surface area contributed by atoms with Gasteiger partial charge in [-0.1, -0.05) is 30.3 Å². The number of hydrogen-bond donors (Lipinski definition) is 0. The molecular formula is C12H16O. The first-order valence-electron chi connectivity index (χ1n) is 4.95. The van der Waals surface area contributed by atoms with E-state index in [1.165, 1.54) is 12.0 Å². The van der Waals surface area contributed by atoms with E-state index in [0.717, 1.165) is 6.61 Å². The second-order valence-corrected chi connectivity index (χ2v) is 3.91. The van der Waals surface area contributed by atoms with Crippen LogP contribution in [0.15, 0.2) is 30.3 Å². The maximum atomic E-state index is 5.71. The SMILES string of the molecule is CCO[C@@]1(C)C[C@H]1c1ccccc1. The summed E-state index contributed by atoms with van der Waals surface area (Å²) < 4.78 is 5.71. The lowest BCUT2D eigenvalue weighted by atomic mass is 10.1. The molecule has 0 unspecified atom stereocenters. The largest absolute Gasteiger partial charge is 0.375 e. The monoisotopic (exact) mass is 176 g/mol. The molecule has 1 saturated carbocycles. The van der Waals surface area contributed by atoms with Crippen molar-refractivity contribution in [3.8, 4) is 0 Å². The smallest absolute Gasteiger partial charge is 0.0730 e. The van der Waals surface area contributed by atoms with Gasteiger partial charge in [0.1, 0.15) is 0 Å². The minimum Gasteiger partial charge on any atom is -0.375 e. The first-order chi connectivity index (χ1) is 6.26. The highest BCUT2D eigenvalue weighted by Crippen LogP contribution is 2.53. The summed E-state index contributed by atoms with van der Waals surface area (Å²) in [5.74, 6) is 0.619. The molecule has 70 valence electrons. The first-order valence-corrected chi connectivity index (χ1v) is 4.95. The van der Waals surface area contributed by atoms with Crippen LogP contribution in [0.5, 0.6) is 0 Å². The Morgan fingerprint density at radius 1 is 1.38 bits per heavy atom. The van der Waals surface area contributed by atoms with E-state index in [9.17, 15) is 0 Å². The van der Waals surface area contributed by atoms with Crippen LogP contribution in [0, 0.1) is 0 Å². The summed E-state index contributed by atoms with van der Waals surface area (Å²) >= 11 is 0. The summed E-state index contributed by atoms with van der Waals surface area (Å²) in [5.41, 5.74) is 1.54. The highest BCUT2D eigenvalue weighted by Gasteiger charge is 2.51. The molecule has 1 aromatic rings. The molecule has 1 aromatic carbocycles. The van der Waals surface area contributed by atoms with E-state index >= 15 is 0 Å². The van der Waals surface area contributed by atoms with Crippen LogP contribution in [-0.2, 0) is 4.74 Å². The quantitative estimate of drug-likeness (QED) is 0.688. The van der Waals surface area contributed by atoms with Crippen molar-refractivity contribution in [2.75, 3.05) is 6.61 Å². The summed E-state index contributed by atoms with van der Waals surface area (Å²) in [6.07, 6.45) is 1.17. The Hall–Kier alpha value is -0.820. The van der Waals surface area contributed by atoms with Crippen molar-refractivity contribution in [3.05, 3.63) is 35.9 Å². The number of benzene rings is 1. The molecule has 0 N–H and O–H groups in total. The van der Waals surface area contributed by atoms with E-state index in [1.54, 1.807) is 0 Å². The summed E-state index contributed by atoms with van der Waals surface area (Å²) in [6, 6.07) is 10.6. The minimum atomic E-state index is 0.121. The van der Waals surface area contributed by atoms with Gasteiger partial charge in [-0.2, -0.15) is 0 Å². The molecule has 2 atom stereocenters.